The summed E-state index contributed by atoms with van der Waals surface area (Å²) in [6.07, 6.45) is 7.81. The number of aryl methyl sites for hydroxylation is 1. The van der Waals surface area contributed by atoms with Gasteiger partial charge in [0.05, 0.1) is 5.01 Å². The number of hydrogen-bond acceptors (Lipinski definition) is 5. The van der Waals surface area contributed by atoms with Gasteiger partial charge in [0.25, 0.3) is 0 Å². The molecule has 0 atom stereocenters. The minimum atomic E-state index is 0.285. The smallest absolute Gasteiger partial charge is 0.132 e. The second-order valence-corrected chi connectivity index (χ2v) is 6.11. The van der Waals surface area contributed by atoms with Crippen molar-refractivity contribution in [3.63, 3.8) is 0 Å². The van der Waals surface area contributed by atoms with E-state index in [9.17, 15) is 9.90 Å². The number of Topliss-reactive ketones (excluding diaryl/α,β-unsaturated/α-hetero) is 1. The van der Waals surface area contributed by atoms with Gasteiger partial charge >= 0.3 is 0 Å². The lowest BCUT2D eigenvalue weighted by Crippen LogP contribution is -2.02. The van der Waals surface area contributed by atoms with Crippen LogP contribution < -0.4 is 0 Å². The highest BCUT2D eigenvalue weighted by atomic mass is 32.1. The van der Waals surface area contributed by atoms with Crippen molar-refractivity contribution in [1.29, 1.82) is 0 Å². The van der Waals surface area contributed by atoms with E-state index in [0.717, 1.165) is 42.0 Å². The fourth-order valence-corrected chi connectivity index (χ4v) is 3.04. The molecule has 1 heterocycles. The zero-order valence-electron chi connectivity index (χ0n) is 11.5. The van der Waals surface area contributed by atoms with Crippen LogP contribution in [0, 0.1) is 6.92 Å². The van der Waals surface area contributed by atoms with E-state index >= 15 is 0 Å². The highest BCUT2D eigenvalue weighted by Crippen LogP contribution is 2.26. The second-order valence-electron chi connectivity index (χ2n) is 4.48. The molecule has 1 fully saturated rings. The molecule has 5 heteroatoms. The molecular weight excluding hydrogens is 278 g/mol. The number of aromatic nitrogens is 1. The molecule has 0 saturated heterocycles. The molecule has 1 N–H and O–H groups in total. The first-order valence-electron chi connectivity index (χ1n) is 6.62. The minimum absolute atomic E-state index is 0.285. The first kappa shape index (κ1) is 16.2. The molecule has 0 aliphatic heterocycles. The molecule has 2 rings (SSSR count). The Kier molecular flexibility index (Phi) is 7.16. The first-order valence-corrected chi connectivity index (χ1v) is 7.88. The third-order valence-corrected chi connectivity index (χ3v) is 4.23. The number of ketones is 1. The topological polar surface area (TPSA) is 50.2 Å². The summed E-state index contributed by atoms with van der Waals surface area (Å²) in [5, 5.41) is 11.0. The van der Waals surface area contributed by atoms with Crippen LogP contribution in [0.15, 0.2) is 11.1 Å². The molecule has 0 aromatic carbocycles. The average molecular weight is 299 g/mol. The molecule has 19 heavy (non-hydrogen) atoms. The number of carbonyl (C=O) groups excluding carboxylic acids is 1. The van der Waals surface area contributed by atoms with Crippen LogP contribution in [0.25, 0.3) is 5.76 Å². The Morgan fingerprint density at radius 1 is 1.42 bits per heavy atom. The Bertz CT molecular complexity index is 444. The van der Waals surface area contributed by atoms with Gasteiger partial charge < -0.3 is 5.11 Å². The lowest BCUT2D eigenvalue weighted by Gasteiger charge is -2.05. The molecule has 0 spiro atoms. The van der Waals surface area contributed by atoms with Crippen molar-refractivity contribution >= 4 is 35.5 Å². The van der Waals surface area contributed by atoms with Crippen LogP contribution in [0.5, 0.6) is 0 Å². The quantitative estimate of drug-likeness (QED) is 0.621. The second kappa shape index (κ2) is 8.38. The fourth-order valence-electron chi connectivity index (χ4n) is 1.82. The summed E-state index contributed by atoms with van der Waals surface area (Å²) in [5.41, 5.74) is 0. The highest BCUT2D eigenvalue weighted by Gasteiger charge is 2.08. The van der Waals surface area contributed by atoms with Crippen LogP contribution in [0.4, 0.5) is 0 Å². The van der Waals surface area contributed by atoms with Crippen LogP contribution >= 0.6 is 24.0 Å². The van der Waals surface area contributed by atoms with Gasteiger partial charge in [-0.15, -0.1) is 24.0 Å². The molecule has 0 bridgehead atoms. The zero-order valence-corrected chi connectivity index (χ0v) is 13.2. The number of rotatable bonds is 2. The van der Waals surface area contributed by atoms with Crippen molar-refractivity contribution in [2.45, 2.75) is 57.4 Å². The van der Waals surface area contributed by atoms with Gasteiger partial charge in [0.15, 0.2) is 0 Å². The van der Waals surface area contributed by atoms with E-state index in [1.165, 1.54) is 17.8 Å². The average Bonchev–Trinajstić information content (AvgIpc) is 2.71. The monoisotopic (exact) mass is 299 g/mol. The number of thiol groups is 1. The molecule has 1 aromatic heterocycles. The summed E-state index contributed by atoms with van der Waals surface area (Å²) >= 11 is 5.61. The van der Waals surface area contributed by atoms with Gasteiger partial charge in [-0.2, -0.15) is 0 Å². The summed E-state index contributed by atoms with van der Waals surface area (Å²) in [6.45, 7) is 3.87. The lowest BCUT2D eigenvalue weighted by atomic mass is 10.00. The Labute approximate surface area is 124 Å². The standard InChI is InChI=1S/C8H11NOS2.C6H10O/c1-3-4-6(10)7-8(11)9-5(2)12-7;7-6-4-2-1-3-5-6/h4,10-11H,3H2,1-2H3;1-5H2/b6-4-;. The number of thiazole rings is 1. The summed E-state index contributed by atoms with van der Waals surface area (Å²) in [6, 6.07) is 0. The number of nitrogens with zero attached hydrogens (tertiary/aromatic N) is 1. The lowest BCUT2D eigenvalue weighted by molar-refractivity contribution is -0.120. The SMILES string of the molecule is CC/C=C(\O)c1sc(C)nc1S.O=C1CCCCC1. The molecule has 1 aliphatic rings. The number of hydrogen-bond donors (Lipinski definition) is 2. The first-order chi connectivity index (χ1) is 9.04. The van der Waals surface area contributed by atoms with Gasteiger partial charge in [0, 0.05) is 12.8 Å². The van der Waals surface area contributed by atoms with Crippen molar-refractivity contribution in [3.05, 3.63) is 16.0 Å². The third kappa shape index (κ3) is 5.78. The molecule has 106 valence electrons. The summed E-state index contributed by atoms with van der Waals surface area (Å²) in [4.78, 5) is 15.3. The Hall–Kier alpha value is -0.810. The number of aliphatic hydroxyl groups is 1. The maximum Gasteiger partial charge on any atom is 0.132 e. The van der Waals surface area contributed by atoms with Crippen LogP contribution in [0.1, 0.15) is 55.3 Å². The summed E-state index contributed by atoms with van der Waals surface area (Å²) < 4.78 is 0. The number of aliphatic hydroxyl groups excluding tert-OH is 1. The van der Waals surface area contributed by atoms with Crippen molar-refractivity contribution in [2.75, 3.05) is 0 Å². The van der Waals surface area contributed by atoms with Gasteiger partial charge in [0.1, 0.15) is 21.4 Å². The summed E-state index contributed by atoms with van der Waals surface area (Å²) in [5.74, 6) is 0.749. The normalized spacial score (nSPS) is 15.9. The largest absolute Gasteiger partial charge is 0.507 e. The third-order valence-electron chi connectivity index (χ3n) is 2.76. The predicted molar refractivity (Wildman–Crippen MR) is 83.1 cm³/mol. The minimum Gasteiger partial charge on any atom is -0.507 e. The van der Waals surface area contributed by atoms with Gasteiger partial charge in [-0.25, -0.2) is 4.98 Å². The molecule has 1 saturated carbocycles. The number of carbonyl (C=O) groups is 1. The Balaban J connectivity index is 0.000000218. The van der Waals surface area contributed by atoms with Crippen LogP contribution in [-0.4, -0.2) is 15.9 Å². The van der Waals surface area contributed by atoms with Crippen LogP contribution in [0.3, 0.4) is 0 Å². The van der Waals surface area contributed by atoms with Gasteiger partial charge in [-0.1, -0.05) is 13.3 Å². The van der Waals surface area contributed by atoms with Crippen molar-refractivity contribution in [1.82, 2.24) is 4.98 Å². The van der Waals surface area contributed by atoms with Crippen molar-refractivity contribution < 1.29 is 9.90 Å². The zero-order chi connectivity index (χ0) is 14.3. The predicted octanol–water partition coefficient (Wildman–Crippen LogP) is 4.57. The molecule has 3 nitrogen and oxygen atoms in total. The van der Waals surface area contributed by atoms with E-state index in [1.807, 2.05) is 13.8 Å². The molecule has 0 unspecified atom stereocenters. The maximum atomic E-state index is 10.5. The summed E-state index contributed by atoms with van der Waals surface area (Å²) in [7, 11) is 0. The molecule has 0 radical (unpaired) electrons. The van der Waals surface area contributed by atoms with Gasteiger partial charge in [-0.3, -0.25) is 4.79 Å². The van der Waals surface area contributed by atoms with Crippen molar-refractivity contribution in [2.24, 2.45) is 0 Å². The highest BCUT2D eigenvalue weighted by molar-refractivity contribution is 7.80. The number of allylic oxidation sites excluding steroid dienone is 1. The fraction of sp³-hybridized carbons (Fsp3) is 0.571. The Morgan fingerprint density at radius 3 is 2.42 bits per heavy atom. The van der Waals surface area contributed by atoms with E-state index < -0.39 is 0 Å². The van der Waals surface area contributed by atoms with Gasteiger partial charge in [0.2, 0.25) is 0 Å². The van der Waals surface area contributed by atoms with E-state index in [0.29, 0.717) is 10.8 Å². The van der Waals surface area contributed by atoms with Gasteiger partial charge in [-0.05, 0) is 32.3 Å². The molecule has 1 aromatic rings. The maximum absolute atomic E-state index is 10.5. The van der Waals surface area contributed by atoms with Crippen molar-refractivity contribution in [3.8, 4) is 0 Å². The van der Waals surface area contributed by atoms with Crippen LogP contribution in [0.2, 0.25) is 0 Å². The molecular formula is C14H21NO2S2. The molecule has 1 aliphatic carbocycles. The van der Waals surface area contributed by atoms with E-state index in [2.05, 4.69) is 17.6 Å². The Morgan fingerprint density at radius 2 is 2.05 bits per heavy atom. The molecule has 0 amide bonds. The van der Waals surface area contributed by atoms with E-state index in [-0.39, 0.29) is 5.76 Å². The van der Waals surface area contributed by atoms with Crippen LogP contribution in [-0.2, 0) is 4.79 Å². The van der Waals surface area contributed by atoms with E-state index in [4.69, 9.17) is 0 Å². The van der Waals surface area contributed by atoms with E-state index in [1.54, 1.807) is 6.08 Å².